The number of nitrogens with zero attached hydrogens (tertiary/aromatic N) is 1. The van der Waals surface area contributed by atoms with E-state index >= 15 is 0 Å². The Hall–Kier alpha value is -2.93. The van der Waals surface area contributed by atoms with Crippen LogP contribution >= 0.6 is 15.9 Å². The van der Waals surface area contributed by atoms with Crippen molar-refractivity contribution in [2.45, 2.75) is 19.4 Å². The van der Waals surface area contributed by atoms with Gasteiger partial charge in [0.05, 0.1) is 5.69 Å². The number of nitrogens with one attached hydrogen (secondary N) is 3. The Morgan fingerprint density at radius 3 is 2.64 bits per heavy atom. The van der Waals surface area contributed by atoms with Crippen LogP contribution in [0.5, 0.6) is 0 Å². The van der Waals surface area contributed by atoms with Crippen LogP contribution in [0, 0.1) is 5.92 Å². The number of anilines is 1. The molecule has 3 N–H and O–H groups in total. The van der Waals surface area contributed by atoms with Crippen LogP contribution in [0.3, 0.4) is 0 Å². The predicted molar refractivity (Wildman–Crippen MR) is 111 cm³/mol. The normalized spacial score (nSPS) is 13.2. The fourth-order valence-electron chi connectivity index (χ4n) is 2.83. The van der Waals surface area contributed by atoms with Crippen LogP contribution in [0.25, 0.3) is 11.3 Å². The molecule has 0 atom stereocenters. The molecule has 0 radical (unpaired) electrons. The van der Waals surface area contributed by atoms with Gasteiger partial charge in [0, 0.05) is 28.2 Å². The summed E-state index contributed by atoms with van der Waals surface area (Å²) in [6, 6.07) is 17.0. The number of amides is 2. The Morgan fingerprint density at radius 1 is 1.11 bits per heavy atom. The third-order valence-corrected chi connectivity index (χ3v) is 5.09. The summed E-state index contributed by atoms with van der Waals surface area (Å²) in [6.07, 6.45) is 1.93. The summed E-state index contributed by atoms with van der Waals surface area (Å²) in [7, 11) is 0. The van der Waals surface area contributed by atoms with Crippen LogP contribution in [0.15, 0.2) is 59.1 Å². The maximum atomic E-state index is 12.4. The van der Waals surface area contributed by atoms with Crippen LogP contribution in [0.1, 0.15) is 28.9 Å². The molecule has 1 saturated carbocycles. The maximum absolute atomic E-state index is 12.4. The van der Waals surface area contributed by atoms with Crippen molar-refractivity contribution in [1.82, 2.24) is 15.5 Å². The average molecular weight is 439 g/mol. The van der Waals surface area contributed by atoms with E-state index in [-0.39, 0.29) is 17.7 Å². The smallest absolute Gasteiger partial charge is 0.269 e. The maximum Gasteiger partial charge on any atom is 0.269 e. The second-order valence-electron chi connectivity index (χ2n) is 6.82. The molecule has 6 nitrogen and oxygen atoms in total. The summed E-state index contributed by atoms with van der Waals surface area (Å²) in [6.45, 7) is 0.360. The number of rotatable bonds is 6. The summed E-state index contributed by atoms with van der Waals surface area (Å²) >= 11 is 3.40. The number of aromatic nitrogens is 2. The van der Waals surface area contributed by atoms with Crippen molar-refractivity contribution in [2.75, 3.05) is 5.32 Å². The van der Waals surface area contributed by atoms with E-state index in [2.05, 4.69) is 36.8 Å². The molecule has 0 aliphatic heterocycles. The van der Waals surface area contributed by atoms with Gasteiger partial charge in [0.1, 0.15) is 5.69 Å². The van der Waals surface area contributed by atoms with Crippen LogP contribution in [0.2, 0.25) is 0 Å². The van der Waals surface area contributed by atoms with Gasteiger partial charge in [-0.2, -0.15) is 5.10 Å². The first-order chi connectivity index (χ1) is 13.6. The van der Waals surface area contributed by atoms with Gasteiger partial charge >= 0.3 is 0 Å². The number of hydrogen-bond acceptors (Lipinski definition) is 3. The highest BCUT2D eigenvalue weighted by molar-refractivity contribution is 9.10. The Kier molecular flexibility index (Phi) is 5.25. The zero-order chi connectivity index (χ0) is 19.5. The van der Waals surface area contributed by atoms with E-state index < -0.39 is 0 Å². The number of carbonyl (C=O) groups is 2. The summed E-state index contributed by atoms with van der Waals surface area (Å²) < 4.78 is 0.986. The quantitative estimate of drug-likeness (QED) is 0.540. The molecular formula is C21H19BrN4O2. The lowest BCUT2D eigenvalue weighted by Crippen LogP contribution is -2.23. The predicted octanol–water partition coefficient (Wildman–Crippen LogP) is 4.12. The van der Waals surface area contributed by atoms with Gasteiger partial charge in [0.2, 0.25) is 5.91 Å². The van der Waals surface area contributed by atoms with E-state index in [0.29, 0.717) is 17.9 Å². The highest BCUT2D eigenvalue weighted by Gasteiger charge is 2.29. The SMILES string of the molecule is O=C(NCc1cccc(NC(=O)C2CC2)c1)c1cc(-c2ccc(Br)cc2)n[nH]1. The third-order valence-electron chi connectivity index (χ3n) is 4.56. The summed E-state index contributed by atoms with van der Waals surface area (Å²) in [5.41, 5.74) is 3.70. The second kappa shape index (κ2) is 7.98. The lowest BCUT2D eigenvalue weighted by atomic mass is 10.1. The highest BCUT2D eigenvalue weighted by Crippen LogP contribution is 2.30. The highest BCUT2D eigenvalue weighted by atomic mass is 79.9. The molecular weight excluding hydrogens is 420 g/mol. The van der Waals surface area contributed by atoms with E-state index in [4.69, 9.17) is 0 Å². The second-order valence-corrected chi connectivity index (χ2v) is 7.74. The molecule has 4 rings (SSSR count). The molecule has 7 heteroatoms. The number of carbonyl (C=O) groups excluding carboxylic acids is 2. The van der Waals surface area contributed by atoms with Crippen molar-refractivity contribution in [2.24, 2.45) is 5.92 Å². The standard InChI is InChI=1S/C21H19BrN4O2/c22-16-8-6-14(7-9-16)18-11-19(26-25-18)21(28)23-12-13-2-1-3-17(10-13)24-20(27)15-4-5-15/h1-3,6-11,15H,4-5,12H2,(H,23,28)(H,24,27)(H,25,26). The van der Waals surface area contributed by atoms with Crippen LogP contribution in [-0.4, -0.2) is 22.0 Å². The minimum absolute atomic E-state index is 0.0686. The number of aromatic amines is 1. The minimum Gasteiger partial charge on any atom is -0.347 e. The monoisotopic (exact) mass is 438 g/mol. The van der Waals surface area contributed by atoms with Crippen LogP contribution in [-0.2, 0) is 11.3 Å². The molecule has 2 aromatic carbocycles. The van der Waals surface area contributed by atoms with E-state index in [1.54, 1.807) is 6.07 Å². The molecule has 2 amide bonds. The first-order valence-electron chi connectivity index (χ1n) is 9.08. The molecule has 1 fully saturated rings. The summed E-state index contributed by atoms with van der Waals surface area (Å²) in [4.78, 5) is 24.3. The van der Waals surface area contributed by atoms with Crippen molar-refractivity contribution < 1.29 is 9.59 Å². The lowest BCUT2D eigenvalue weighted by Gasteiger charge is -2.08. The van der Waals surface area contributed by atoms with E-state index in [1.807, 2.05) is 48.5 Å². The largest absolute Gasteiger partial charge is 0.347 e. The molecule has 0 bridgehead atoms. The molecule has 0 unspecified atom stereocenters. The zero-order valence-electron chi connectivity index (χ0n) is 15.0. The first-order valence-corrected chi connectivity index (χ1v) is 9.87. The Labute approximate surface area is 170 Å². The van der Waals surface area contributed by atoms with Crippen molar-refractivity contribution in [3.63, 3.8) is 0 Å². The molecule has 28 heavy (non-hydrogen) atoms. The molecule has 1 aromatic heterocycles. The van der Waals surface area contributed by atoms with Crippen LogP contribution in [0.4, 0.5) is 5.69 Å². The molecule has 142 valence electrons. The van der Waals surface area contributed by atoms with E-state index in [0.717, 1.165) is 34.1 Å². The van der Waals surface area contributed by atoms with Gasteiger partial charge in [-0.25, -0.2) is 0 Å². The number of halogens is 1. The Balaban J connectivity index is 1.36. The molecule has 3 aromatic rings. The number of hydrogen-bond donors (Lipinski definition) is 3. The minimum atomic E-state index is -0.233. The molecule has 0 spiro atoms. The zero-order valence-corrected chi connectivity index (χ0v) is 16.6. The van der Waals surface area contributed by atoms with Crippen molar-refractivity contribution in [3.8, 4) is 11.3 Å². The van der Waals surface area contributed by atoms with Gasteiger partial charge in [-0.15, -0.1) is 0 Å². The third kappa shape index (κ3) is 4.48. The van der Waals surface area contributed by atoms with E-state index in [1.165, 1.54) is 0 Å². The summed E-state index contributed by atoms with van der Waals surface area (Å²) in [5.74, 6) is -0.00828. The molecule has 1 heterocycles. The van der Waals surface area contributed by atoms with E-state index in [9.17, 15) is 9.59 Å². The Morgan fingerprint density at radius 2 is 1.89 bits per heavy atom. The molecule has 1 aliphatic rings. The molecule has 1 aliphatic carbocycles. The first kappa shape index (κ1) is 18.4. The van der Waals surface area contributed by atoms with Gasteiger partial charge in [-0.1, -0.05) is 40.2 Å². The molecule has 0 saturated heterocycles. The van der Waals surface area contributed by atoms with Gasteiger partial charge in [-0.3, -0.25) is 14.7 Å². The van der Waals surface area contributed by atoms with Gasteiger partial charge in [0.25, 0.3) is 5.91 Å². The van der Waals surface area contributed by atoms with Crippen LogP contribution < -0.4 is 10.6 Å². The van der Waals surface area contributed by atoms with Crippen molar-refractivity contribution >= 4 is 33.4 Å². The van der Waals surface area contributed by atoms with Crippen molar-refractivity contribution in [1.29, 1.82) is 0 Å². The topological polar surface area (TPSA) is 86.9 Å². The van der Waals surface area contributed by atoms with Gasteiger partial charge in [-0.05, 0) is 48.7 Å². The van der Waals surface area contributed by atoms with Gasteiger partial charge in [0.15, 0.2) is 0 Å². The van der Waals surface area contributed by atoms with Crippen molar-refractivity contribution in [3.05, 3.63) is 70.3 Å². The average Bonchev–Trinajstić information content (AvgIpc) is 3.44. The summed E-state index contributed by atoms with van der Waals surface area (Å²) in [5, 5.41) is 12.8. The van der Waals surface area contributed by atoms with Gasteiger partial charge < -0.3 is 10.6 Å². The fourth-order valence-corrected chi connectivity index (χ4v) is 3.10. The number of benzene rings is 2. The fraction of sp³-hybridized carbons (Fsp3) is 0.190. The Bertz CT molecular complexity index is 1010. The number of H-pyrrole nitrogens is 1. The lowest BCUT2D eigenvalue weighted by molar-refractivity contribution is -0.117.